The van der Waals surface area contributed by atoms with Gasteiger partial charge in [-0.15, -0.1) is 0 Å². The summed E-state index contributed by atoms with van der Waals surface area (Å²) in [6.07, 6.45) is 0. The van der Waals surface area contributed by atoms with Gasteiger partial charge in [-0.25, -0.2) is 0 Å². The third-order valence-electron chi connectivity index (χ3n) is 2.07. The maximum absolute atomic E-state index is 11.8. The van der Waals surface area contributed by atoms with E-state index in [-0.39, 0.29) is 5.78 Å². The third-order valence-corrected chi connectivity index (χ3v) is 2.07. The largest absolute Gasteiger partial charge is 0.289 e. The highest BCUT2D eigenvalue weighted by Crippen LogP contribution is 2.08. The van der Waals surface area contributed by atoms with Gasteiger partial charge in [0.1, 0.15) is 9.12 Å². The molecule has 3 heteroatoms. The Morgan fingerprint density at radius 2 is 1.00 bits per heavy atom. The van der Waals surface area contributed by atoms with Gasteiger partial charge in [0.25, 0.3) is 0 Å². The standard InChI is InChI=1S/C13H10O.HOP/c14-13(11-7-3-1-4-8-11)12-9-5-2-6-10-12;1-2/h1-10H;2H. The van der Waals surface area contributed by atoms with Gasteiger partial charge in [0, 0.05) is 11.1 Å². The van der Waals surface area contributed by atoms with Gasteiger partial charge in [-0.2, -0.15) is 0 Å². The molecule has 0 saturated heterocycles. The number of hydrogen-bond acceptors (Lipinski definition) is 2. The number of ketones is 1. The van der Waals surface area contributed by atoms with Gasteiger partial charge >= 0.3 is 0 Å². The first-order valence-electron chi connectivity index (χ1n) is 4.73. The van der Waals surface area contributed by atoms with Crippen LogP contribution >= 0.6 is 9.12 Å². The molecule has 0 bridgehead atoms. The van der Waals surface area contributed by atoms with E-state index in [1.807, 2.05) is 60.7 Å². The van der Waals surface area contributed by atoms with E-state index >= 15 is 0 Å². The van der Waals surface area contributed by atoms with Crippen LogP contribution < -0.4 is 0 Å². The summed E-state index contributed by atoms with van der Waals surface area (Å²) in [5, 5.41) is 0. The zero-order valence-electron chi connectivity index (χ0n) is 8.59. The monoisotopic (exact) mass is 230 g/mol. The van der Waals surface area contributed by atoms with E-state index in [0.717, 1.165) is 11.1 Å². The van der Waals surface area contributed by atoms with E-state index in [1.54, 1.807) is 9.12 Å². The van der Waals surface area contributed by atoms with Gasteiger partial charge in [0.2, 0.25) is 0 Å². The molecule has 16 heavy (non-hydrogen) atoms. The fourth-order valence-corrected chi connectivity index (χ4v) is 1.35. The lowest BCUT2D eigenvalue weighted by Gasteiger charge is -1.99. The molecule has 80 valence electrons. The van der Waals surface area contributed by atoms with Gasteiger partial charge < -0.3 is 0 Å². The molecule has 2 rings (SSSR count). The van der Waals surface area contributed by atoms with Crippen LogP contribution in [0.1, 0.15) is 15.9 Å². The van der Waals surface area contributed by atoms with Gasteiger partial charge in [-0.05, 0) is 0 Å². The van der Waals surface area contributed by atoms with Crippen molar-refractivity contribution in [3.8, 4) is 0 Å². The van der Waals surface area contributed by atoms with Crippen LogP contribution in [-0.4, -0.2) is 5.78 Å². The Kier molecular flexibility index (Phi) is 5.10. The number of benzene rings is 2. The maximum atomic E-state index is 11.8. The van der Waals surface area contributed by atoms with Crippen molar-refractivity contribution in [1.29, 1.82) is 0 Å². The highest BCUT2D eigenvalue weighted by Gasteiger charge is 2.06. The molecule has 0 aliphatic rings. The molecule has 0 saturated carbocycles. The maximum Gasteiger partial charge on any atom is 0.193 e. The molecule has 2 aromatic carbocycles. The quantitative estimate of drug-likeness (QED) is 0.585. The summed E-state index contributed by atoms with van der Waals surface area (Å²) in [4.78, 5) is 11.8. The first kappa shape index (κ1) is 12.3. The molecule has 0 aromatic heterocycles. The molecule has 0 heterocycles. The average molecular weight is 230 g/mol. The predicted octanol–water partition coefficient (Wildman–Crippen LogP) is 3.39. The van der Waals surface area contributed by atoms with E-state index < -0.39 is 0 Å². The first-order valence-corrected chi connectivity index (χ1v) is 5.14. The minimum Gasteiger partial charge on any atom is -0.289 e. The second-order valence-electron chi connectivity index (χ2n) is 3.06. The van der Waals surface area contributed by atoms with Crippen LogP contribution in [-0.2, 0) is 4.57 Å². The molecule has 0 radical (unpaired) electrons. The van der Waals surface area contributed by atoms with Crippen LogP contribution in [0.5, 0.6) is 0 Å². The van der Waals surface area contributed by atoms with E-state index in [9.17, 15) is 4.79 Å². The van der Waals surface area contributed by atoms with Crippen LogP contribution in [0.15, 0.2) is 60.7 Å². The summed E-state index contributed by atoms with van der Waals surface area (Å²) in [6, 6.07) is 18.6. The highest BCUT2D eigenvalue weighted by atomic mass is 31.0. The molecule has 0 N–H and O–H groups in total. The summed E-state index contributed by atoms with van der Waals surface area (Å²) >= 11 is 0. The number of carbonyl (C=O) groups excluding carboxylic acids is 1. The van der Waals surface area contributed by atoms with Crippen LogP contribution in [0, 0.1) is 0 Å². The molecule has 2 nitrogen and oxygen atoms in total. The Morgan fingerprint density at radius 1 is 0.688 bits per heavy atom. The van der Waals surface area contributed by atoms with E-state index in [4.69, 9.17) is 4.57 Å². The molecule has 0 atom stereocenters. The van der Waals surface area contributed by atoms with E-state index in [2.05, 4.69) is 0 Å². The summed E-state index contributed by atoms with van der Waals surface area (Å²) in [5.41, 5.74) is 1.47. The van der Waals surface area contributed by atoms with Crippen molar-refractivity contribution in [2.75, 3.05) is 0 Å². The van der Waals surface area contributed by atoms with Gasteiger partial charge in [0.05, 0.1) is 0 Å². The first-order chi connectivity index (χ1) is 7.88. The van der Waals surface area contributed by atoms with Crippen LogP contribution in [0.3, 0.4) is 0 Å². The van der Waals surface area contributed by atoms with Gasteiger partial charge in [0.15, 0.2) is 5.78 Å². The molecule has 2 aromatic rings. The van der Waals surface area contributed by atoms with Crippen molar-refractivity contribution in [3.05, 3.63) is 71.8 Å². The Balaban J connectivity index is 0.000000606. The molecular formula is C13H11O2P. The van der Waals surface area contributed by atoms with Crippen molar-refractivity contribution in [1.82, 2.24) is 0 Å². The van der Waals surface area contributed by atoms with E-state index in [1.165, 1.54) is 0 Å². The highest BCUT2D eigenvalue weighted by molar-refractivity contribution is 7.00. The minimum atomic E-state index is 0.0752. The molecule has 0 aliphatic heterocycles. The lowest BCUT2D eigenvalue weighted by Crippen LogP contribution is -1.99. The van der Waals surface area contributed by atoms with Crippen molar-refractivity contribution in [2.45, 2.75) is 0 Å². The Labute approximate surface area is 96.6 Å². The molecular weight excluding hydrogens is 219 g/mol. The Morgan fingerprint density at radius 3 is 1.31 bits per heavy atom. The van der Waals surface area contributed by atoms with Gasteiger partial charge in [-0.1, -0.05) is 60.7 Å². The van der Waals surface area contributed by atoms with Gasteiger partial charge in [-0.3, -0.25) is 9.36 Å². The fourth-order valence-electron chi connectivity index (χ4n) is 1.35. The third kappa shape index (κ3) is 3.11. The average Bonchev–Trinajstić information content (AvgIpc) is 2.42. The minimum absolute atomic E-state index is 0.0752. The number of carbonyl (C=O) groups is 1. The van der Waals surface area contributed by atoms with Crippen molar-refractivity contribution in [3.63, 3.8) is 0 Å². The lowest BCUT2D eigenvalue weighted by molar-refractivity contribution is 0.103. The van der Waals surface area contributed by atoms with Crippen molar-refractivity contribution in [2.24, 2.45) is 0 Å². The summed E-state index contributed by atoms with van der Waals surface area (Å²) < 4.78 is 8.06. The predicted molar refractivity (Wildman–Crippen MR) is 65.3 cm³/mol. The number of hydrogen-bond donors (Lipinski definition) is 0. The second kappa shape index (κ2) is 6.65. The lowest BCUT2D eigenvalue weighted by atomic mass is 10.0. The molecule has 0 fully saturated rings. The topological polar surface area (TPSA) is 34.1 Å². The second-order valence-corrected chi connectivity index (χ2v) is 3.06. The molecule has 0 amide bonds. The summed E-state index contributed by atoms with van der Waals surface area (Å²) in [6.45, 7) is 0. The van der Waals surface area contributed by atoms with E-state index in [0.29, 0.717) is 0 Å². The SMILES string of the molecule is O=C(c1ccccc1)c1ccccc1.O=P. The smallest absolute Gasteiger partial charge is 0.193 e. The summed E-state index contributed by atoms with van der Waals surface area (Å²) in [5.74, 6) is 0.0752. The van der Waals surface area contributed by atoms with Crippen LogP contribution in [0.4, 0.5) is 0 Å². The summed E-state index contributed by atoms with van der Waals surface area (Å²) in [7, 11) is 1.72. The van der Waals surface area contributed by atoms with Crippen molar-refractivity contribution < 1.29 is 9.36 Å². The van der Waals surface area contributed by atoms with Crippen LogP contribution in [0.2, 0.25) is 0 Å². The zero-order chi connectivity index (χ0) is 11.8. The Hall–Kier alpha value is -1.79. The molecule has 0 spiro atoms. The van der Waals surface area contributed by atoms with Crippen molar-refractivity contribution >= 4 is 14.9 Å². The normalized spacial score (nSPS) is 8.75. The van der Waals surface area contributed by atoms with Crippen LogP contribution in [0.25, 0.3) is 0 Å². The number of rotatable bonds is 2. The fraction of sp³-hybridized carbons (Fsp3) is 0. The molecule has 0 aliphatic carbocycles. The molecule has 0 unspecified atom stereocenters. The zero-order valence-corrected chi connectivity index (χ0v) is 9.59. The Bertz CT molecular complexity index is 399.